The van der Waals surface area contributed by atoms with E-state index in [4.69, 9.17) is 5.11 Å². The molecule has 4 heteroatoms. The lowest BCUT2D eigenvalue weighted by molar-refractivity contribution is -0.132. The molecule has 0 aromatic carbocycles. The Balaban J connectivity index is 2.74. The first-order valence-corrected chi connectivity index (χ1v) is 4.41. The summed E-state index contributed by atoms with van der Waals surface area (Å²) in [7, 11) is 0. The van der Waals surface area contributed by atoms with Crippen molar-refractivity contribution in [3.05, 3.63) is 24.4 Å². The van der Waals surface area contributed by atoms with Gasteiger partial charge >= 0.3 is 5.97 Å². The van der Waals surface area contributed by atoms with Crippen LogP contribution >= 0.6 is 0 Å². The van der Waals surface area contributed by atoms with Gasteiger partial charge in [-0.3, -0.25) is 4.79 Å². The first-order valence-electron chi connectivity index (χ1n) is 4.41. The van der Waals surface area contributed by atoms with Crippen LogP contribution in [0.2, 0.25) is 0 Å². The Hall–Kier alpha value is -1.58. The van der Waals surface area contributed by atoms with Gasteiger partial charge in [0.1, 0.15) is 0 Å². The third-order valence-electron chi connectivity index (χ3n) is 2.29. The maximum Gasteiger partial charge on any atom is 0.330 e. The molecule has 0 radical (unpaired) electrons. The van der Waals surface area contributed by atoms with Crippen molar-refractivity contribution < 1.29 is 14.7 Å². The van der Waals surface area contributed by atoms with E-state index in [1.54, 1.807) is 0 Å². The minimum Gasteiger partial charge on any atom is -0.478 e. The van der Waals surface area contributed by atoms with Crippen LogP contribution in [0.25, 0.3) is 0 Å². The van der Waals surface area contributed by atoms with E-state index in [2.05, 4.69) is 6.58 Å². The van der Waals surface area contributed by atoms with Crippen LogP contribution < -0.4 is 0 Å². The molecule has 0 aromatic heterocycles. The number of amides is 1. The molecule has 1 N–H and O–H groups in total. The highest BCUT2D eigenvalue weighted by Gasteiger charge is 2.28. The van der Waals surface area contributed by atoms with Crippen molar-refractivity contribution in [2.24, 2.45) is 5.92 Å². The van der Waals surface area contributed by atoms with Crippen molar-refractivity contribution in [1.29, 1.82) is 0 Å². The van der Waals surface area contributed by atoms with Gasteiger partial charge in [-0.15, -0.1) is 0 Å². The lowest BCUT2D eigenvalue weighted by Gasteiger charge is -2.08. The maximum atomic E-state index is 11.5. The van der Waals surface area contributed by atoms with Gasteiger partial charge in [0.25, 0.3) is 0 Å². The van der Waals surface area contributed by atoms with Gasteiger partial charge in [0, 0.05) is 12.1 Å². The Morgan fingerprint density at radius 1 is 1.71 bits per heavy atom. The summed E-state index contributed by atoms with van der Waals surface area (Å²) >= 11 is 0. The second-order valence-electron chi connectivity index (χ2n) is 3.26. The van der Waals surface area contributed by atoms with Crippen molar-refractivity contribution in [3.63, 3.8) is 0 Å². The van der Waals surface area contributed by atoms with Crippen LogP contribution in [0.1, 0.15) is 13.3 Å². The van der Waals surface area contributed by atoms with E-state index in [0.717, 1.165) is 0 Å². The van der Waals surface area contributed by atoms with E-state index in [0.29, 0.717) is 13.0 Å². The SMILES string of the molecule is C=CN1CCC(/C=C(\C)C(=O)O)C1=O. The average Bonchev–Trinajstić information content (AvgIpc) is 2.47. The van der Waals surface area contributed by atoms with Crippen molar-refractivity contribution in [2.45, 2.75) is 13.3 Å². The van der Waals surface area contributed by atoms with Gasteiger partial charge in [-0.1, -0.05) is 12.7 Å². The molecule has 0 spiro atoms. The molecule has 4 nitrogen and oxygen atoms in total. The summed E-state index contributed by atoms with van der Waals surface area (Å²) in [6, 6.07) is 0. The Labute approximate surface area is 82.5 Å². The molecule has 1 atom stereocenters. The Morgan fingerprint density at radius 3 is 2.79 bits per heavy atom. The summed E-state index contributed by atoms with van der Waals surface area (Å²) in [5.74, 6) is -1.35. The van der Waals surface area contributed by atoms with Gasteiger partial charge < -0.3 is 10.0 Å². The number of likely N-dealkylation sites (tertiary alicyclic amines) is 1. The molecule has 76 valence electrons. The van der Waals surface area contributed by atoms with Crippen molar-refractivity contribution >= 4 is 11.9 Å². The van der Waals surface area contributed by atoms with Crippen molar-refractivity contribution in [2.75, 3.05) is 6.54 Å². The van der Waals surface area contributed by atoms with Crippen molar-refractivity contribution in [3.8, 4) is 0 Å². The molecular weight excluding hydrogens is 182 g/mol. The highest BCUT2D eigenvalue weighted by molar-refractivity contribution is 5.89. The monoisotopic (exact) mass is 195 g/mol. The van der Waals surface area contributed by atoms with Gasteiger partial charge in [-0.25, -0.2) is 4.79 Å². The summed E-state index contributed by atoms with van der Waals surface area (Å²) in [5, 5.41) is 8.64. The Bertz CT molecular complexity index is 306. The third kappa shape index (κ3) is 2.02. The summed E-state index contributed by atoms with van der Waals surface area (Å²) in [6.45, 7) is 5.62. The predicted molar refractivity (Wildman–Crippen MR) is 51.4 cm³/mol. The molecule has 0 aliphatic carbocycles. The molecule has 1 rings (SSSR count). The van der Waals surface area contributed by atoms with Crippen LogP contribution in [0.15, 0.2) is 24.4 Å². The van der Waals surface area contributed by atoms with Crippen molar-refractivity contribution in [1.82, 2.24) is 4.90 Å². The highest BCUT2D eigenvalue weighted by Crippen LogP contribution is 2.20. The molecule has 1 aliphatic rings. The van der Waals surface area contributed by atoms with Gasteiger partial charge in [-0.2, -0.15) is 0 Å². The number of rotatable bonds is 3. The largest absolute Gasteiger partial charge is 0.478 e. The van der Waals surface area contributed by atoms with Crippen LogP contribution in [-0.2, 0) is 9.59 Å². The zero-order valence-electron chi connectivity index (χ0n) is 8.06. The smallest absolute Gasteiger partial charge is 0.330 e. The quantitative estimate of drug-likeness (QED) is 0.684. The zero-order chi connectivity index (χ0) is 10.7. The molecule has 0 aromatic rings. The molecule has 1 amide bonds. The fraction of sp³-hybridized carbons (Fsp3) is 0.400. The van der Waals surface area contributed by atoms with Gasteiger partial charge in [0.2, 0.25) is 5.91 Å². The van der Waals surface area contributed by atoms with Gasteiger partial charge in [-0.05, 0) is 19.5 Å². The summed E-state index contributed by atoms with van der Waals surface area (Å²) in [6.07, 6.45) is 3.65. The zero-order valence-corrected chi connectivity index (χ0v) is 8.06. The lowest BCUT2D eigenvalue weighted by Crippen LogP contribution is -2.20. The summed E-state index contributed by atoms with van der Waals surface area (Å²) in [5.41, 5.74) is 0.217. The molecule has 1 aliphatic heterocycles. The van der Waals surface area contributed by atoms with Crippen LogP contribution in [0.4, 0.5) is 0 Å². The maximum absolute atomic E-state index is 11.5. The number of hydrogen-bond donors (Lipinski definition) is 1. The lowest BCUT2D eigenvalue weighted by atomic mass is 10.1. The molecule has 0 saturated carbocycles. The highest BCUT2D eigenvalue weighted by atomic mass is 16.4. The fourth-order valence-corrected chi connectivity index (χ4v) is 1.43. The number of hydrogen-bond acceptors (Lipinski definition) is 2. The van der Waals surface area contributed by atoms with Gasteiger partial charge in [0.05, 0.1) is 5.92 Å². The molecule has 1 fully saturated rings. The van der Waals surface area contributed by atoms with Crippen LogP contribution in [0, 0.1) is 5.92 Å². The van der Waals surface area contributed by atoms with Crippen LogP contribution in [0.5, 0.6) is 0 Å². The van der Waals surface area contributed by atoms with Gasteiger partial charge in [0.15, 0.2) is 0 Å². The molecular formula is C10H13NO3. The number of nitrogens with zero attached hydrogens (tertiary/aromatic N) is 1. The third-order valence-corrected chi connectivity index (χ3v) is 2.29. The Morgan fingerprint density at radius 2 is 2.36 bits per heavy atom. The van der Waals surface area contributed by atoms with E-state index >= 15 is 0 Å². The number of aliphatic carboxylic acids is 1. The van der Waals surface area contributed by atoms with E-state index in [1.165, 1.54) is 24.1 Å². The summed E-state index contributed by atoms with van der Waals surface area (Å²) < 4.78 is 0. The molecule has 1 unspecified atom stereocenters. The number of carboxylic acid groups (broad SMARTS) is 1. The second kappa shape index (κ2) is 4.09. The second-order valence-corrected chi connectivity index (χ2v) is 3.26. The van der Waals surface area contributed by atoms with E-state index < -0.39 is 5.97 Å². The van der Waals surface area contributed by atoms with Crippen LogP contribution in [-0.4, -0.2) is 28.4 Å². The number of carbonyl (C=O) groups is 2. The first kappa shape index (κ1) is 10.5. The van der Waals surface area contributed by atoms with E-state index in [9.17, 15) is 9.59 Å². The normalized spacial score (nSPS) is 22.6. The standard InChI is InChI=1S/C10H13NO3/c1-3-11-5-4-8(9(11)12)6-7(2)10(13)14/h3,6,8H,1,4-5H2,2H3,(H,13,14)/b7-6+. The fourth-order valence-electron chi connectivity index (χ4n) is 1.43. The van der Waals surface area contributed by atoms with E-state index in [1.807, 2.05) is 0 Å². The Kier molecular flexibility index (Phi) is 3.06. The number of carboxylic acids is 1. The topological polar surface area (TPSA) is 57.6 Å². The number of carbonyl (C=O) groups excluding carboxylic acids is 1. The molecule has 0 bridgehead atoms. The molecule has 14 heavy (non-hydrogen) atoms. The first-order chi connectivity index (χ1) is 6.56. The minimum atomic E-state index is -0.977. The van der Waals surface area contributed by atoms with E-state index in [-0.39, 0.29) is 17.4 Å². The summed E-state index contributed by atoms with van der Waals surface area (Å²) in [4.78, 5) is 23.6. The van der Waals surface area contributed by atoms with Crippen LogP contribution in [0.3, 0.4) is 0 Å². The molecule has 1 saturated heterocycles. The molecule has 1 heterocycles. The minimum absolute atomic E-state index is 0.0689. The average molecular weight is 195 g/mol. The predicted octanol–water partition coefficient (Wildman–Crippen LogP) is 1.01.